The molecule has 0 radical (unpaired) electrons. The van der Waals surface area contributed by atoms with E-state index in [2.05, 4.69) is 14.8 Å². The summed E-state index contributed by atoms with van der Waals surface area (Å²) >= 11 is 0. The van der Waals surface area contributed by atoms with E-state index < -0.39 is 58.5 Å². The maximum Gasteiger partial charge on any atom is 0.456 e. The first-order valence-corrected chi connectivity index (χ1v) is 9.66. The quantitative estimate of drug-likeness (QED) is 0.226. The number of ether oxygens (including phenoxy) is 3. The molecule has 14 heteroatoms. The Morgan fingerprint density at radius 1 is 1.06 bits per heavy atom. The summed E-state index contributed by atoms with van der Waals surface area (Å²) in [6, 6.07) is 7.50. The van der Waals surface area contributed by atoms with Gasteiger partial charge in [-0.15, -0.1) is 0 Å². The average Bonchev–Trinajstić information content (AvgIpc) is 2.81. The van der Waals surface area contributed by atoms with E-state index in [9.17, 15) is 41.7 Å². The molecule has 2 rings (SSSR count). The molecule has 2 aromatic rings. The molecule has 2 aromatic carbocycles. The zero-order valence-corrected chi connectivity index (χ0v) is 18.2. The van der Waals surface area contributed by atoms with E-state index in [1.54, 1.807) is 24.3 Å². The maximum atomic E-state index is 13.2. The Morgan fingerprint density at radius 3 is 2.20 bits per heavy atom. The van der Waals surface area contributed by atoms with Crippen molar-refractivity contribution in [3.05, 3.63) is 63.7 Å². The lowest BCUT2D eigenvalue weighted by atomic mass is 10.0. The number of methoxy groups -OCH3 is 2. The number of benzene rings is 2. The molecule has 0 aliphatic carbocycles. The van der Waals surface area contributed by atoms with E-state index >= 15 is 0 Å². The van der Waals surface area contributed by atoms with Gasteiger partial charge < -0.3 is 19.5 Å². The van der Waals surface area contributed by atoms with Crippen LogP contribution in [0.4, 0.5) is 27.6 Å². The van der Waals surface area contributed by atoms with E-state index in [0.717, 1.165) is 13.2 Å². The van der Waals surface area contributed by atoms with Crippen molar-refractivity contribution in [3.63, 3.8) is 0 Å². The van der Waals surface area contributed by atoms with Gasteiger partial charge in [-0.2, -0.15) is 22.0 Å². The van der Waals surface area contributed by atoms with E-state index in [1.807, 2.05) is 0 Å². The van der Waals surface area contributed by atoms with Gasteiger partial charge in [0.2, 0.25) is 0 Å². The van der Waals surface area contributed by atoms with Crippen molar-refractivity contribution < 1.29 is 50.7 Å². The Kier molecular flexibility index (Phi) is 8.55. The van der Waals surface area contributed by atoms with Crippen LogP contribution in [0.1, 0.15) is 15.9 Å². The highest BCUT2D eigenvalue weighted by molar-refractivity contribution is 5.97. The summed E-state index contributed by atoms with van der Waals surface area (Å²) in [5.74, 6) is -7.57. The second-order valence-electron chi connectivity index (χ2n) is 7.03. The fourth-order valence-electron chi connectivity index (χ4n) is 2.75. The zero-order chi connectivity index (χ0) is 26.4. The highest BCUT2D eigenvalue weighted by Gasteiger charge is 2.58. The summed E-state index contributed by atoms with van der Waals surface area (Å²) in [7, 11) is 2.53. The standard InChI is InChI=1S/C21H19F5N2O7/c1-33-14-6-3-12(4-7-14)9-15(19(30)34-2)27-18(29)13-5-8-16(28(31)32)17(10-13)35-11-20(22,23)21(24,25)26/h3-8,10,15H,9,11H2,1-2H3,(H,27,29)/t15-/m0/s1. The Hall–Kier alpha value is -3.97. The third-order valence-corrected chi connectivity index (χ3v) is 4.63. The van der Waals surface area contributed by atoms with Gasteiger partial charge in [0.25, 0.3) is 5.91 Å². The normalized spacial score (nSPS) is 12.4. The second-order valence-corrected chi connectivity index (χ2v) is 7.03. The van der Waals surface area contributed by atoms with Crippen molar-refractivity contribution in [2.75, 3.05) is 20.8 Å². The molecule has 190 valence electrons. The molecule has 0 aliphatic rings. The molecule has 0 aromatic heterocycles. The SMILES string of the molecule is COC(=O)[C@H](Cc1ccc(OC)cc1)NC(=O)c1ccc([N+](=O)[O-])c(OCC(F)(F)C(F)(F)F)c1. The van der Waals surface area contributed by atoms with Gasteiger partial charge in [-0.1, -0.05) is 12.1 Å². The minimum absolute atomic E-state index is 0.0312. The molecule has 1 atom stereocenters. The Morgan fingerprint density at radius 2 is 1.69 bits per heavy atom. The molecule has 1 N–H and O–H groups in total. The number of hydrogen-bond donors (Lipinski definition) is 1. The Labute approximate surface area is 194 Å². The van der Waals surface area contributed by atoms with Gasteiger partial charge >= 0.3 is 23.8 Å². The van der Waals surface area contributed by atoms with Crippen LogP contribution >= 0.6 is 0 Å². The summed E-state index contributed by atoms with van der Waals surface area (Å²) in [6.07, 6.45) is -5.98. The number of carbonyl (C=O) groups is 2. The molecular formula is C21H19F5N2O7. The van der Waals surface area contributed by atoms with E-state index in [1.165, 1.54) is 7.11 Å². The van der Waals surface area contributed by atoms with Gasteiger partial charge in [0.1, 0.15) is 11.8 Å². The summed E-state index contributed by atoms with van der Waals surface area (Å²) in [6.45, 7) is -2.25. The zero-order valence-electron chi connectivity index (χ0n) is 18.2. The molecule has 0 spiro atoms. The minimum Gasteiger partial charge on any atom is -0.497 e. The summed E-state index contributed by atoms with van der Waals surface area (Å²) in [5.41, 5.74) is -0.740. The topological polar surface area (TPSA) is 117 Å². The van der Waals surface area contributed by atoms with Crippen molar-refractivity contribution in [3.8, 4) is 11.5 Å². The van der Waals surface area contributed by atoms with Crippen LogP contribution in [0.2, 0.25) is 0 Å². The first kappa shape index (κ1) is 27.3. The summed E-state index contributed by atoms with van der Waals surface area (Å²) in [4.78, 5) is 34.9. The van der Waals surface area contributed by atoms with Crippen LogP contribution in [0.5, 0.6) is 11.5 Å². The van der Waals surface area contributed by atoms with Gasteiger partial charge in [-0.25, -0.2) is 4.79 Å². The Bertz CT molecular complexity index is 1070. The third-order valence-electron chi connectivity index (χ3n) is 4.63. The number of nitro benzene ring substituents is 1. The highest BCUT2D eigenvalue weighted by atomic mass is 19.4. The molecule has 0 saturated carbocycles. The number of esters is 1. The maximum absolute atomic E-state index is 13.2. The van der Waals surface area contributed by atoms with Crippen LogP contribution < -0.4 is 14.8 Å². The molecule has 1 amide bonds. The highest BCUT2D eigenvalue weighted by Crippen LogP contribution is 2.37. The lowest BCUT2D eigenvalue weighted by molar-refractivity contribution is -0.386. The molecular weight excluding hydrogens is 487 g/mol. The number of carbonyl (C=O) groups excluding carboxylic acids is 2. The van der Waals surface area contributed by atoms with E-state index in [0.29, 0.717) is 23.4 Å². The summed E-state index contributed by atoms with van der Waals surface area (Å²) < 4.78 is 77.7. The lowest BCUT2D eigenvalue weighted by Gasteiger charge is -2.20. The fraction of sp³-hybridized carbons (Fsp3) is 0.333. The van der Waals surface area contributed by atoms with Crippen molar-refractivity contribution in [1.29, 1.82) is 0 Å². The number of rotatable bonds is 10. The first-order chi connectivity index (χ1) is 16.3. The number of nitrogens with one attached hydrogen (secondary N) is 1. The number of amides is 1. The molecule has 0 fully saturated rings. The molecule has 0 heterocycles. The third kappa shape index (κ3) is 7.01. The van der Waals surface area contributed by atoms with Crippen molar-refractivity contribution in [2.24, 2.45) is 0 Å². The predicted molar refractivity (Wildman–Crippen MR) is 110 cm³/mol. The van der Waals surface area contributed by atoms with Crippen molar-refractivity contribution in [1.82, 2.24) is 5.32 Å². The molecule has 35 heavy (non-hydrogen) atoms. The van der Waals surface area contributed by atoms with Gasteiger partial charge in [-0.3, -0.25) is 14.9 Å². The first-order valence-electron chi connectivity index (χ1n) is 9.66. The molecule has 0 bridgehead atoms. The molecule has 9 nitrogen and oxygen atoms in total. The number of alkyl halides is 5. The van der Waals surface area contributed by atoms with Gasteiger partial charge in [0, 0.05) is 24.1 Å². The van der Waals surface area contributed by atoms with Crippen LogP contribution in [0, 0.1) is 10.1 Å². The largest absolute Gasteiger partial charge is 0.497 e. The lowest BCUT2D eigenvalue weighted by Crippen LogP contribution is -2.43. The minimum atomic E-state index is -5.95. The smallest absolute Gasteiger partial charge is 0.456 e. The van der Waals surface area contributed by atoms with Crippen LogP contribution in [0.3, 0.4) is 0 Å². The second kappa shape index (κ2) is 11.0. The van der Waals surface area contributed by atoms with Gasteiger partial charge in [0.15, 0.2) is 12.4 Å². The fourth-order valence-corrected chi connectivity index (χ4v) is 2.75. The van der Waals surface area contributed by atoms with Crippen LogP contribution in [0.25, 0.3) is 0 Å². The van der Waals surface area contributed by atoms with E-state index in [4.69, 9.17) is 4.74 Å². The van der Waals surface area contributed by atoms with Crippen LogP contribution in [-0.4, -0.2) is 55.8 Å². The van der Waals surface area contributed by atoms with E-state index in [-0.39, 0.29) is 6.42 Å². The number of hydrogen-bond acceptors (Lipinski definition) is 7. The molecule has 0 unspecified atom stereocenters. The number of nitrogens with zero attached hydrogens (tertiary/aromatic N) is 1. The number of nitro groups is 1. The molecule has 0 aliphatic heterocycles. The summed E-state index contributed by atoms with van der Waals surface area (Å²) in [5, 5.41) is 13.5. The van der Waals surface area contributed by atoms with Crippen LogP contribution in [0.15, 0.2) is 42.5 Å². The average molecular weight is 506 g/mol. The van der Waals surface area contributed by atoms with Gasteiger partial charge in [0.05, 0.1) is 19.1 Å². The van der Waals surface area contributed by atoms with Crippen LogP contribution in [-0.2, 0) is 16.0 Å². The predicted octanol–water partition coefficient (Wildman–Crippen LogP) is 3.69. The molecule has 0 saturated heterocycles. The van der Waals surface area contributed by atoms with Crippen molar-refractivity contribution in [2.45, 2.75) is 24.6 Å². The van der Waals surface area contributed by atoms with Crippen molar-refractivity contribution >= 4 is 17.6 Å². The monoisotopic (exact) mass is 506 g/mol. The Balaban J connectivity index is 2.26. The van der Waals surface area contributed by atoms with Gasteiger partial charge in [-0.05, 0) is 23.8 Å². The number of halogens is 5.